The Morgan fingerprint density at radius 2 is 1.64 bits per heavy atom. The van der Waals surface area contributed by atoms with E-state index in [-0.39, 0.29) is 11.5 Å². The average molecular weight is 299 g/mol. The Hall–Kier alpha value is -2.95. The molecule has 3 rings (SSSR count). The fourth-order valence-corrected chi connectivity index (χ4v) is 2.31. The number of hydrogen-bond acceptors (Lipinski definition) is 4. The summed E-state index contributed by atoms with van der Waals surface area (Å²) in [5.74, 6) is 1.71. The number of fused-ring (bicyclic) bond motifs is 1. The third-order valence-electron chi connectivity index (χ3n) is 3.39. The zero-order valence-electron chi connectivity index (χ0n) is 12.2. The molecular weight excluding hydrogens is 284 g/mol. The van der Waals surface area contributed by atoms with Crippen LogP contribution in [-0.4, -0.2) is 24.4 Å². The van der Waals surface area contributed by atoms with Gasteiger partial charge in [0.15, 0.2) is 11.5 Å². The lowest BCUT2D eigenvalue weighted by Gasteiger charge is -2.07. The number of phenolic OH excluding ortho intramolecular Hbond substituents is 2. The summed E-state index contributed by atoms with van der Waals surface area (Å²) in [7, 11) is 3.14. The molecule has 2 N–H and O–H groups in total. The van der Waals surface area contributed by atoms with Crippen LogP contribution in [0, 0.1) is 0 Å². The number of phenols is 2. The van der Waals surface area contributed by atoms with Crippen LogP contribution in [0.3, 0.4) is 0 Å². The van der Waals surface area contributed by atoms with E-state index >= 15 is 0 Å². The second kappa shape index (κ2) is 5.44. The zero-order valence-corrected chi connectivity index (χ0v) is 12.2. The molecule has 1 heterocycles. The molecule has 0 atom stereocenters. The van der Waals surface area contributed by atoms with Crippen molar-refractivity contribution in [3.63, 3.8) is 0 Å². The van der Waals surface area contributed by atoms with Crippen molar-refractivity contribution in [3.8, 4) is 34.3 Å². The molecule has 0 bridgehead atoms. The molecule has 0 unspecified atom stereocenters. The summed E-state index contributed by atoms with van der Waals surface area (Å²) in [5, 5.41) is 19.9. The van der Waals surface area contributed by atoms with Gasteiger partial charge in [-0.3, -0.25) is 0 Å². The van der Waals surface area contributed by atoms with Crippen molar-refractivity contribution in [2.24, 2.45) is 0 Å². The van der Waals surface area contributed by atoms with Crippen LogP contribution in [0.4, 0.5) is 0 Å². The van der Waals surface area contributed by atoms with Crippen molar-refractivity contribution in [2.75, 3.05) is 14.2 Å². The fraction of sp³-hybridized carbons (Fsp3) is 0.118. The first-order chi connectivity index (χ1) is 10.6. The number of benzene rings is 2. The Morgan fingerprint density at radius 3 is 2.36 bits per heavy atom. The molecule has 5 nitrogen and oxygen atoms in total. The lowest BCUT2D eigenvalue weighted by molar-refractivity contribution is 0.355. The molecule has 3 aromatic rings. The Kier molecular flexibility index (Phi) is 3.47. The van der Waals surface area contributed by atoms with Gasteiger partial charge in [-0.2, -0.15) is 0 Å². The zero-order chi connectivity index (χ0) is 15.7. The molecule has 0 aliphatic rings. The molecule has 0 aliphatic carbocycles. The summed E-state index contributed by atoms with van der Waals surface area (Å²) in [6.45, 7) is 0. The van der Waals surface area contributed by atoms with Gasteiger partial charge in [0.05, 0.1) is 25.8 Å². The Morgan fingerprint density at radius 1 is 0.864 bits per heavy atom. The molecule has 2 aromatic carbocycles. The SMILES string of the molecule is COc1ccc(-c2ccc3c(O)cc(O)cc3[o+]2)cc1OC. The first-order valence-electron chi connectivity index (χ1n) is 6.63. The van der Waals surface area contributed by atoms with Crippen LogP contribution in [-0.2, 0) is 0 Å². The van der Waals surface area contributed by atoms with Crippen LogP contribution in [0.5, 0.6) is 23.0 Å². The molecular formula is C17H15O5+. The standard InChI is InChI=1S/C17H14O5/c1-20-15-5-3-10(7-17(15)21-2)14-6-4-12-13(19)8-11(18)9-16(12)22-14/h3-9H,1-2H3,(H-,18,19)/p+1. The van der Waals surface area contributed by atoms with E-state index in [9.17, 15) is 10.2 Å². The van der Waals surface area contributed by atoms with E-state index in [0.717, 1.165) is 5.56 Å². The third kappa shape index (κ3) is 2.37. The molecule has 5 heteroatoms. The second-order valence-electron chi connectivity index (χ2n) is 4.75. The van der Waals surface area contributed by atoms with E-state index in [4.69, 9.17) is 13.9 Å². The third-order valence-corrected chi connectivity index (χ3v) is 3.39. The quantitative estimate of drug-likeness (QED) is 0.720. The van der Waals surface area contributed by atoms with Crippen molar-refractivity contribution < 1.29 is 24.1 Å². The maximum absolute atomic E-state index is 9.81. The highest BCUT2D eigenvalue weighted by molar-refractivity contribution is 5.86. The van der Waals surface area contributed by atoms with Crippen LogP contribution in [0.25, 0.3) is 22.3 Å². The van der Waals surface area contributed by atoms with Gasteiger partial charge in [0.25, 0.3) is 0 Å². The van der Waals surface area contributed by atoms with Gasteiger partial charge in [0, 0.05) is 18.2 Å². The minimum absolute atomic E-state index is 0.0300. The van der Waals surface area contributed by atoms with Crippen molar-refractivity contribution in [2.45, 2.75) is 0 Å². The van der Waals surface area contributed by atoms with Gasteiger partial charge in [-0.05, 0) is 18.2 Å². The Bertz CT molecular complexity index is 842. The fourth-order valence-electron chi connectivity index (χ4n) is 2.31. The summed E-state index contributed by atoms with van der Waals surface area (Å²) in [4.78, 5) is 0. The number of hydrogen-bond donors (Lipinski definition) is 2. The van der Waals surface area contributed by atoms with E-state index in [0.29, 0.717) is 28.2 Å². The predicted molar refractivity (Wildman–Crippen MR) is 82.5 cm³/mol. The summed E-state index contributed by atoms with van der Waals surface area (Å²) in [5.41, 5.74) is 1.19. The van der Waals surface area contributed by atoms with Crippen LogP contribution < -0.4 is 9.47 Å². The molecule has 0 radical (unpaired) electrons. The normalized spacial score (nSPS) is 10.6. The van der Waals surface area contributed by atoms with Gasteiger partial charge in [0.2, 0.25) is 0 Å². The lowest BCUT2D eigenvalue weighted by atomic mass is 10.1. The molecule has 0 amide bonds. The van der Waals surface area contributed by atoms with Crippen LogP contribution in [0.1, 0.15) is 0 Å². The van der Waals surface area contributed by atoms with E-state index in [1.54, 1.807) is 38.5 Å². The average Bonchev–Trinajstić information content (AvgIpc) is 2.53. The van der Waals surface area contributed by atoms with Gasteiger partial charge in [0.1, 0.15) is 16.9 Å². The maximum atomic E-state index is 9.81. The number of aromatic hydroxyl groups is 2. The molecule has 22 heavy (non-hydrogen) atoms. The molecule has 0 saturated heterocycles. The highest BCUT2D eigenvalue weighted by Gasteiger charge is 2.19. The summed E-state index contributed by atoms with van der Waals surface area (Å²) in [6.07, 6.45) is 0. The number of rotatable bonds is 3. The van der Waals surface area contributed by atoms with Crippen LogP contribution in [0.2, 0.25) is 0 Å². The second-order valence-corrected chi connectivity index (χ2v) is 4.75. The first kappa shape index (κ1) is 14.0. The van der Waals surface area contributed by atoms with Crippen LogP contribution in [0.15, 0.2) is 46.9 Å². The van der Waals surface area contributed by atoms with Crippen molar-refractivity contribution >= 4 is 11.0 Å². The van der Waals surface area contributed by atoms with Crippen molar-refractivity contribution in [1.82, 2.24) is 0 Å². The minimum Gasteiger partial charge on any atom is -0.507 e. The van der Waals surface area contributed by atoms with Gasteiger partial charge in [-0.15, -0.1) is 0 Å². The van der Waals surface area contributed by atoms with Gasteiger partial charge >= 0.3 is 11.3 Å². The van der Waals surface area contributed by atoms with Gasteiger partial charge in [-0.25, -0.2) is 4.42 Å². The van der Waals surface area contributed by atoms with Crippen molar-refractivity contribution in [1.29, 1.82) is 0 Å². The molecule has 0 aliphatic heterocycles. The summed E-state index contributed by atoms with van der Waals surface area (Å²) >= 11 is 0. The highest BCUT2D eigenvalue weighted by Crippen LogP contribution is 2.36. The van der Waals surface area contributed by atoms with E-state index in [2.05, 4.69) is 0 Å². The molecule has 1 aromatic heterocycles. The van der Waals surface area contributed by atoms with Gasteiger partial charge in [-0.1, -0.05) is 0 Å². The Labute approximate surface area is 127 Å². The van der Waals surface area contributed by atoms with E-state index in [1.807, 2.05) is 6.07 Å². The molecule has 0 fully saturated rings. The largest absolute Gasteiger partial charge is 0.507 e. The Balaban J connectivity index is 2.14. The van der Waals surface area contributed by atoms with E-state index < -0.39 is 0 Å². The number of methoxy groups -OCH3 is 2. The number of ether oxygens (including phenoxy) is 2. The summed E-state index contributed by atoms with van der Waals surface area (Å²) in [6, 6.07) is 11.6. The first-order valence-corrected chi connectivity index (χ1v) is 6.63. The predicted octanol–water partition coefficient (Wildman–Crippen LogP) is 3.81. The smallest absolute Gasteiger partial charge is 0.368 e. The molecule has 0 saturated carbocycles. The van der Waals surface area contributed by atoms with E-state index in [1.165, 1.54) is 12.1 Å². The topological polar surface area (TPSA) is 70.2 Å². The minimum atomic E-state index is -0.0572. The van der Waals surface area contributed by atoms with Crippen molar-refractivity contribution in [3.05, 3.63) is 42.5 Å². The monoisotopic (exact) mass is 299 g/mol. The lowest BCUT2D eigenvalue weighted by Crippen LogP contribution is -1.90. The highest BCUT2D eigenvalue weighted by atomic mass is 16.5. The maximum Gasteiger partial charge on any atom is 0.368 e. The molecule has 0 spiro atoms. The molecule has 112 valence electrons. The summed E-state index contributed by atoms with van der Waals surface area (Å²) < 4.78 is 16.3. The van der Waals surface area contributed by atoms with Crippen LogP contribution >= 0.6 is 0 Å². The van der Waals surface area contributed by atoms with Gasteiger partial charge < -0.3 is 19.7 Å².